The molecule has 3 heteroatoms. The molecular formula is C4H5NOS. The van der Waals surface area contributed by atoms with Gasteiger partial charge in [-0.3, -0.25) is 4.79 Å². The van der Waals surface area contributed by atoms with Crippen molar-refractivity contribution in [1.29, 1.82) is 0 Å². The summed E-state index contributed by atoms with van der Waals surface area (Å²) < 4.78 is 0. The molecule has 1 aliphatic heterocycles. The first-order valence-corrected chi connectivity index (χ1v) is 2.36. The molecule has 1 rings (SSSR count). The van der Waals surface area contributed by atoms with Gasteiger partial charge in [-0.05, 0) is 12.3 Å². The van der Waals surface area contributed by atoms with Gasteiger partial charge in [0, 0.05) is 0 Å². The van der Waals surface area contributed by atoms with E-state index in [2.05, 4.69) is 17.9 Å². The van der Waals surface area contributed by atoms with Crippen LogP contribution >= 0.6 is 12.6 Å². The molecule has 0 bridgehead atoms. The lowest BCUT2D eigenvalue weighted by Gasteiger charge is -2.25. The zero-order valence-electron chi connectivity index (χ0n) is 3.59. The van der Waals surface area contributed by atoms with Crippen molar-refractivity contribution in [2.45, 2.75) is 4.87 Å². The van der Waals surface area contributed by atoms with E-state index in [1.807, 2.05) is 0 Å². The molecular weight excluding hydrogens is 110 g/mol. The second-order valence-corrected chi connectivity index (χ2v) is 2.16. The zero-order valence-corrected chi connectivity index (χ0v) is 4.48. The predicted molar refractivity (Wildman–Crippen MR) is 30.1 cm³/mol. The Morgan fingerprint density at radius 3 is 2.43 bits per heavy atom. The smallest absolute Gasteiger partial charge is 0.159 e. The average molecular weight is 115 g/mol. The van der Waals surface area contributed by atoms with Gasteiger partial charge in [-0.2, -0.15) is 0 Å². The molecule has 0 aromatic rings. The van der Waals surface area contributed by atoms with Gasteiger partial charge in [0.2, 0.25) is 0 Å². The Hall–Kier alpha value is -0.440. The first-order valence-electron chi connectivity index (χ1n) is 1.91. The molecule has 1 N–H and O–H groups in total. The van der Waals surface area contributed by atoms with Crippen molar-refractivity contribution >= 4 is 18.9 Å². The van der Waals surface area contributed by atoms with Crippen LogP contribution in [0.1, 0.15) is 0 Å². The Balaban J connectivity index is 2.64. The van der Waals surface area contributed by atoms with Crippen LogP contribution in [-0.4, -0.2) is 11.2 Å². The topological polar surface area (TPSA) is 29.1 Å². The molecule has 0 saturated heterocycles. The highest BCUT2D eigenvalue weighted by atomic mass is 32.1. The summed E-state index contributed by atoms with van der Waals surface area (Å²) in [6.45, 7) is 0. The summed E-state index contributed by atoms with van der Waals surface area (Å²) in [6.07, 6.45) is 4.11. The molecule has 0 amide bonds. The van der Waals surface area contributed by atoms with Gasteiger partial charge in [-0.25, -0.2) is 0 Å². The summed E-state index contributed by atoms with van der Waals surface area (Å²) in [5, 5.41) is 2.69. The van der Waals surface area contributed by atoms with E-state index in [1.165, 1.54) is 0 Å². The monoisotopic (exact) mass is 115 g/mol. The molecule has 7 heavy (non-hydrogen) atoms. The normalized spacial score (nSPS) is 36.1. The maximum absolute atomic E-state index is 9.92. The minimum absolute atomic E-state index is 0.653. The van der Waals surface area contributed by atoms with E-state index in [0.29, 0.717) is 0 Å². The van der Waals surface area contributed by atoms with Gasteiger partial charge in [0.25, 0.3) is 0 Å². The first-order chi connectivity index (χ1) is 3.27. The fourth-order valence-electron chi connectivity index (χ4n) is 0.327. The van der Waals surface area contributed by atoms with Crippen molar-refractivity contribution in [2.75, 3.05) is 0 Å². The van der Waals surface area contributed by atoms with E-state index in [0.717, 1.165) is 6.29 Å². The van der Waals surface area contributed by atoms with Crippen molar-refractivity contribution in [3.8, 4) is 0 Å². The van der Waals surface area contributed by atoms with E-state index in [1.54, 1.807) is 12.3 Å². The summed E-state index contributed by atoms with van der Waals surface area (Å²) in [6, 6.07) is 0. The fraction of sp³-hybridized carbons (Fsp3) is 0.250. The van der Waals surface area contributed by atoms with E-state index in [9.17, 15) is 4.79 Å². The van der Waals surface area contributed by atoms with Crippen LogP contribution in [0.3, 0.4) is 0 Å². The third-order valence-corrected chi connectivity index (χ3v) is 1.22. The largest absolute Gasteiger partial charge is 0.368 e. The van der Waals surface area contributed by atoms with E-state index >= 15 is 0 Å². The van der Waals surface area contributed by atoms with Crippen LogP contribution in [0.4, 0.5) is 0 Å². The van der Waals surface area contributed by atoms with Gasteiger partial charge in [0.15, 0.2) is 11.2 Å². The Morgan fingerprint density at radius 1 is 1.86 bits per heavy atom. The Bertz CT molecular complexity index is 123. The molecule has 0 aromatic carbocycles. The molecule has 1 heterocycles. The second-order valence-electron chi connectivity index (χ2n) is 1.42. The van der Waals surface area contributed by atoms with Gasteiger partial charge in [-0.1, -0.05) is 0 Å². The van der Waals surface area contributed by atoms with E-state index in [-0.39, 0.29) is 0 Å². The minimum Gasteiger partial charge on any atom is -0.368 e. The van der Waals surface area contributed by atoms with Gasteiger partial charge in [0.1, 0.15) is 0 Å². The number of hydrogen-bond acceptors (Lipinski definition) is 3. The summed E-state index contributed by atoms with van der Waals surface area (Å²) in [5.41, 5.74) is 0. The number of aldehydes is 1. The van der Waals surface area contributed by atoms with E-state index < -0.39 is 4.87 Å². The zero-order chi connectivity index (χ0) is 5.33. The van der Waals surface area contributed by atoms with Gasteiger partial charge in [-0.15, -0.1) is 12.6 Å². The first kappa shape index (κ1) is 4.71. The highest BCUT2D eigenvalue weighted by Gasteiger charge is 2.24. The quantitative estimate of drug-likeness (QED) is 0.370. The fourth-order valence-corrected chi connectivity index (χ4v) is 0.476. The molecule has 0 spiro atoms. The van der Waals surface area contributed by atoms with Crippen molar-refractivity contribution in [2.24, 2.45) is 0 Å². The summed E-state index contributed by atoms with van der Waals surface area (Å²) in [4.78, 5) is 9.27. The lowest BCUT2D eigenvalue weighted by Crippen LogP contribution is -2.42. The lowest BCUT2D eigenvalue weighted by atomic mass is 10.2. The molecule has 2 nitrogen and oxygen atoms in total. The van der Waals surface area contributed by atoms with Crippen LogP contribution in [0.5, 0.6) is 0 Å². The summed E-state index contributed by atoms with van der Waals surface area (Å²) >= 11 is 3.91. The van der Waals surface area contributed by atoms with Crippen LogP contribution in [-0.2, 0) is 4.79 Å². The number of carbonyl (C=O) groups excluding carboxylic acids is 1. The van der Waals surface area contributed by atoms with Crippen molar-refractivity contribution in [3.05, 3.63) is 12.3 Å². The molecule has 0 aromatic heterocycles. The van der Waals surface area contributed by atoms with Crippen LogP contribution in [0, 0.1) is 0 Å². The summed E-state index contributed by atoms with van der Waals surface area (Å²) in [5.74, 6) is 0. The lowest BCUT2D eigenvalue weighted by molar-refractivity contribution is -0.109. The standard InChI is InChI=1S/C4H5NOS/c6-3-4(7)1-2-5-4/h1-3,5,7H. The SMILES string of the molecule is O=CC1(S)C=CN1. The molecule has 1 aliphatic rings. The third-order valence-electron chi connectivity index (χ3n) is 0.832. The minimum atomic E-state index is -0.653. The third kappa shape index (κ3) is 0.632. The van der Waals surface area contributed by atoms with Crippen LogP contribution in [0.15, 0.2) is 12.3 Å². The van der Waals surface area contributed by atoms with Crippen LogP contribution < -0.4 is 5.32 Å². The van der Waals surface area contributed by atoms with E-state index in [4.69, 9.17) is 0 Å². The van der Waals surface area contributed by atoms with Gasteiger partial charge in [0.05, 0.1) is 0 Å². The predicted octanol–water partition coefficient (Wildman–Crippen LogP) is -0.0717. The maximum Gasteiger partial charge on any atom is 0.159 e. The molecule has 0 saturated carbocycles. The van der Waals surface area contributed by atoms with Gasteiger partial charge >= 0.3 is 0 Å². The number of thiol groups is 1. The summed E-state index contributed by atoms with van der Waals surface area (Å²) in [7, 11) is 0. The molecule has 0 aliphatic carbocycles. The molecule has 1 atom stereocenters. The van der Waals surface area contributed by atoms with Gasteiger partial charge < -0.3 is 5.32 Å². The Kier molecular flexibility index (Phi) is 0.852. The Labute approximate surface area is 47.0 Å². The van der Waals surface area contributed by atoms with Crippen LogP contribution in [0.2, 0.25) is 0 Å². The average Bonchev–Trinajstić information content (AvgIpc) is 1.61. The molecule has 1 unspecified atom stereocenters. The van der Waals surface area contributed by atoms with Crippen molar-refractivity contribution in [3.63, 3.8) is 0 Å². The molecule has 38 valence electrons. The second kappa shape index (κ2) is 1.26. The Morgan fingerprint density at radius 2 is 2.43 bits per heavy atom. The highest BCUT2D eigenvalue weighted by molar-refractivity contribution is 7.82. The van der Waals surface area contributed by atoms with Crippen molar-refractivity contribution < 1.29 is 4.79 Å². The number of hydrogen-bond donors (Lipinski definition) is 2. The number of nitrogens with one attached hydrogen (secondary N) is 1. The number of rotatable bonds is 1. The van der Waals surface area contributed by atoms with Crippen molar-refractivity contribution in [1.82, 2.24) is 5.32 Å². The molecule has 0 radical (unpaired) electrons. The van der Waals surface area contributed by atoms with Crippen LogP contribution in [0.25, 0.3) is 0 Å². The maximum atomic E-state index is 9.92. The highest BCUT2D eigenvalue weighted by Crippen LogP contribution is 2.14. The molecule has 0 fully saturated rings. The number of carbonyl (C=O) groups is 1.